The van der Waals surface area contributed by atoms with Crippen LogP contribution in [0.5, 0.6) is 0 Å². The lowest BCUT2D eigenvalue weighted by atomic mass is 9.96. The summed E-state index contributed by atoms with van der Waals surface area (Å²) in [5, 5.41) is 2.66. The molecule has 0 amide bonds. The molecule has 5 rings (SSSR count). The van der Waals surface area contributed by atoms with E-state index in [1.165, 1.54) is 40.3 Å². The third kappa shape index (κ3) is 5.08. The van der Waals surface area contributed by atoms with Gasteiger partial charge in [-0.2, -0.15) is 0 Å². The summed E-state index contributed by atoms with van der Waals surface area (Å²) in [7, 11) is 0. The molecule has 4 aromatic rings. The second-order valence-electron chi connectivity index (χ2n) is 6.58. The Balaban J connectivity index is 0.000000223. The molecule has 0 aromatic heterocycles. The van der Waals surface area contributed by atoms with Crippen molar-refractivity contribution in [2.75, 3.05) is 0 Å². The van der Waals surface area contributed by atoms with Gasteiger partial charge in [0, 0.05) is 0 Å². The molecule has 0 heterocycles. The van der Waals surface area contributed by atoms with E-state index in [1.807, 2.05) is 50.2 Å². The van der Waals surface area contributed by atoms with Crippen LogP contribution in [-0.4, -0.2) is 0 Å². The van der Waals surface area contributed by atoms with Crippen molar-refractivity contribution in [3.05, 3.63) is 109 Å². The minimum Gasteiger partial charge on any atom is -0.0683 e. The van der Waals surface area contributed by atoms with Crippen molar-refractivity contribution in [2.24, 2.45) is 0 Å². The van der Waals surface area contributed by atoms with Crippen LogP contribution >= 0.6 is 0 Å². The van der Waals surface area contributed by atoms with Crippen molar-refractivity contribution >= 4 is 10.8 Å². The fraction of sp³-hybridized carbons (Fsp3) is 0.185. The Morgan fingerprint density at radius 3 is 1.85 bits per heavy atom. The zero-order chi connectivity index (χ0) is 18.9. The van der Waals surface area contributed by atoms with Gasteiger partial charge in [0.05, 0.1) is 0 Å². The molecule has 0 saturated heterocycles. The first kappa shape index (κ1) is 18.9. The van der Waals surface area contributed by atoms with Crippen molar-refractivity contribution in [1.82, 2.24) is 0 Å². The quantitative estimate of drug-likeness (QED) is 0.342. The van der Waals surface area contributed by atoms with E-state index in [0.29, 0.717) is 0 Å². The van der Waals surface area contributed by atoms with E-state index in [0.717, 1.165) is 5.92 Å². The van der Waals surface area contributed by atoms with Gasteiger partial charge in [0.2, 0.25) is 0 Å². The molecule has 27 heavy (non-hydrogen) atoms. The van der Waals surface area contributed by atoms with Crippen LogP contribution in [0, 0.1) is 0 Å². The van der Waals surface area contributed by atoms with Crippen LogP contribution in [-0.2, 0) is 0 Å². The summed E-state index contributed by atoms with van der Waals surface area (Å²) in [6.07, 6.45) is 2.72. The van der Waals surface area contributed by atoms with Crippen LogP contribution in [0.2, 0.25) is 0 Å². The first-order chi connectivity index (χ1) is 13.4. The number of fused-ring (bicyclic) bond motifs is 1. The lowest BCUT2D eigenvalue weighted by Gasteiger charge is -2.08. The van der Waals surface area contributed by atoms with Gasteiger partial charge in [-0.05, 0) is 46.2 Å². The van der Waals surface area contributed by atoms with Crippen molar-refractivity contribution < 1.29 is 0 Å². The van der Waals surface area contributed by atoms with Gasteiger partial charge in [0.15, 0.2) is 0 Å². The molecule has 0 radical (unpaired) electrons. The molecule has 0 spiro atoms. The second-order valence-corrected chi connectivity index (χ2v) is 6.58. The maximum atomic E-state index is 2.37. The highest BCUT2D eigenvalue weighted by molar-refractivity contribution is 5.96. The molecule has 0 heteroatoms. The standard InChI is InChI=1S/C19H16.C6H6.C2H6/c1-2-9-18-15(5-1)6-4-10-19(18)17-8-3-7-16(13-17)14-11-12-14;1-2-4-6-5-3-1;1-2/h1-10,13-14H,11-12H2;1-6H;1-2H3. The van der Waals surface area contributed by atoms with E-state index in [4.69, 9.17) is 0 Å². The first-order valence-corrected chi connectivity index (χ1v) is 10.00. The predicted octanol–water partition coefficient (Wildman–Crippen LogP) is 8.10. The minimum absolute atomic E-state index is 0.815. The average Bonchev–Trinajstić information content (AvgIpc) is 3.62. The van der Waals surface area contributed by atoms with Gasteiger partial charge >= 0.3 is 0 Å². The fourth-order valence-corrected chi connectivity index (χ4v) is 3.24. The zero-order valence-electron chi connectivity index (χ0n) is 16.3. The molecule has 0 nitrogen and oxygen atoms in total. The minimum atomic E-state index is 0.815. The molecule has 1 aliphatic rings. The van der Waals surface area contributed by atoms with Crippen LogP contribution < -0.4 is 0 Å². The molecule has 0 atom stereocenters. The third-order valence-electron chi connectivity index (χ3n) is 4.70. The summed E-state index contributed by atoms with van der Waals surface area (Å²) in [4.78, 5) is 0. The largest absolute Gasteiger partial charge is 0.0683 e. The number of hydrogen-bond acceptors (Lipinski definition) is 0. The van der Waals surface area contributed by atoms with E-state index in [1.54, 1.807) is 0 Å². The van der Waals surface area contributed by atoms with Crippen molar-refractivity contribution in [3.63, 3.8) is 0 Å². The summed E-state index contributed by atoms with van der Waals surface area (Å²) in [5.41, 5.74) is 4.20. The van der Waals surface area contributed by atoms with Gasteiger partial charge in [-0.15, -0.1) is 0 Å². The molecule has 1 saturated carbocycles. The number of benzene rings is 4. The van der Waals surface area contributed by atoms with Crippen LogP contribution in [0.1, 0.15) is 38.2 Å². The monoisotopic (exact) mass is 352 g/mol. The number of hydrogen-bond donors (Lipinski definition) is 0. The van der Waals surface area contributed by atoms with E-state index < -0.39 is 0 Å². The summed E-state index contributed by atoms with van der Waals surface area (Å²) in [5.74, 6) is 0.815. The summed E-state index contributed by atoms with van der Waals surface area (Å²) in [6, 6.07) is 36.3. The van der Waals surface area contributed by atoms with Crippen LogP contribution in [0.3, 0.4) is 0 Å². The fourth-order valence-electron chi connectivity index (χ4n) is 3.24. The smallest absolute Gasteiger partial charge is 0.0105 e. The van der Waals surface area contributed by atoms with Gasteiger partial charge in [-0.25, -0.2) is 0 Å². The van der Waals surface area contributed by atoms with E-state index in [9.17, 15) is 0 Å². The van der Waals surface area contributed by atoms with Gasteiger partial charge in [0.1, 0.15) is 0 Å². The Labute approximate surface area is 163 Å². The zero-order valence-corrected chi connectivity index (χ0v) is 16.3. The second kappa shape index (κ2) is 9.73. The predicted molar refractivity (Wildman–Crippen MR) is 119 cm³/mol. The Morgan fingerprint density at radius 1 is 0.593 bits per heavy atom. The molecular formula is C27H28. The Bertz CT molecular complexity index is 918. The van der Waals surface area contributed by atoms with E-state index in [2.05, 4.69) is 66.7 Å². The SMILES string of the molecule is CC.c1cc(-c2cccc3ccccc23)cc(C2CC2)c1.c1ccccc1. The molecule has 0 N–H and O–H groups in total. The van der Waals surface area contributed by atoms with Crippen molar-refractivity contribution in [1.29, 1.82) is 0 Å². The molecule has 1 aliphatic carbocycles. The Kier molecular flexibility index (Phi) is 6.82. The highest BCUT2D eigenvalue weighted by Crippen LogP contribution is 2.41. The Hall–Kier alpha value is -2.86. The van der Waals surface area contributed by atoms with E-state index >= 15 is 0 Å². The maximum Gasteiger partial charge on any atom is -0.0105 e. The topological polar surface area (TPSA) is 0 Å². The van der Waals surface area contributed by atoms with E-state index in [-0.39, 0.29) is 0 Å². The third-order valence-corrected chi connectivity index (χ3v) is 4.70. The van der Waals surface area contributed by atoms with Crippen LogP contribution in [0.15, 0.2) is 103 Å². The number of rotatable bonds is 2. The van der Waals surface area contributed by atoms with Crippen LogP contribution in [0.4, 0.5) is 0 Å². The summed E-state index contributed by atoms with van der Waals surface area (Å²) in [6.45, 7) is 4.00. The average molecular weight is 353 g/mol. The van der Waals surface area contributed by atoms with Gasteiger partial charge in [0.25, 0.3) is 0 Å². The molecule has 136 valence electrons. The van der Waals surface area contributed by atoms with Gasteiger partial charge in [-0.3, -0.25) is 0 Å². The van der Waals surface area contributed by atoms with Gasteiger partial charge < -0.3 is 0 Å². The van der Waals surface area contributed by atoms with Crippen LogP contribution in [0.25, 0.3) is 21.9 Å². The summed E-state index contributed by atoms with van der Waals surface area (Å²) < 4.78 is 0. The Morgan fingerprint density at radius 2 is 1.19 bits per heavy atom. The highest BCUT2D eigenvalue weighted by atomic mass is 14.3. The molecule has 4 aromatic carbocycles. The van der Waals surface area contributed by atoms with Crippen molar-refractivity contribution in [3.8, 4) is 11.1 Å². The normalized spacial score (nSPS) is 12.4. The molecule has 0 unspecified atom stereocenters. The molecular weight excluding hydrogens is 324 g/mol. The lowest BCUT2D eigenvalue weighted by Crippen LogP contribution is -1.84. The maximum absolute atomic E-state index is 2.37. The van der Waals surface area contributed by atoms with Gasteiger partial charge in [-0.1, -0.05) is 117 Å². The highest BCUT2D eigenvalue weighted by Gasteiger charge is 2.23. The first-order valence-electron chi connectivity index (χ1n) is 10.00. The molecule has 0 aliphatic heterocycles. The molecule has 1 fully saturated rings. The summed E-state index contributed by atoms with van der Waals surface area (Å²) >= 11 is 0. The lowest BCUT2D eigenvalue weighted by molar-refractivity contribution is 1.13. The molecule has 0 bridgehead atoms. The van der Waals surface area contributed by atoms with Crippen molar-refractivity contribution in [2.45, 2.75) is 32.6 Å².